The van der Waals surface area contributed by atoms with Crippen LogP contribution in [0.2, 0.25) is 0 Å². The van der Waals surface area contributed by atoms with Crippen LogP contribution in [0, 0.1) is 5.82 Å². The topological polar surface area (TPSA) is 125 Å². The van der Waals surface area contributed by atoms with Crippen LogP contribution < -0.4 is 5.32 Å². The Morgan fingerprint density at radius 2 is 1.73 bits per heavy atom. The number of nitrogens with zero attached hydrogens (tertiary/aromatic N) is 5. The summed E-state index contributed by atoms with van der Waals surface area (Å²) in [5, 5.41) is 10.6. The number of halogens is 1. The van der Waals surface area contributed by atoms with Gasteiger partial charge in [-0.05, 0) is 53.1 Å². The molecule has 7 rings (SSSR count). The molecule has 5 heterocycles. The first-order chi connectivity index (χ1) is 20.1. The minimum atomic E-state index is -0.495. The molecule has 0 saturated heterocycles. The van der Waals surface area contributed by atoms with E-state index in [1.165, 1.54) is 6.07 Å². The first-order valence-electron chi connectivity index (χ1n) is 12.8. The van der Waals surface area contributed by atoms with E-state index in [9.17, 15) is 4.79 Å². The van der Waals surface area contributed by atoms with Gasteiger partial charge in [-0.1, -0.05) is 30.3 Å². The number of imidazole rings is 1. The van der Waals surface area contributed by atoms with E-state index in [0.717, 1.165) is 22.2 Å². The maximum atomic E-state index is 15.3. The lowest BCUT2D eigenvalue weighted by Crippen LogP contribution is -2.14. The van der Waals surface area contributed by atoms with Crippen LogP contribution in [-0.2, 0) is 11.2 Å². The number of rotatable bonds is 6. The normalized spacial score (nSPS) is 11.2. The number of fused-ring (bicyclic) bond motifs is 2. The minimum Gasteiger partial charge on any atom is -0.335 e. The summed E-state index contributed by atoms with van der Waals surface area (Å²) in [7, 11) is 0. The monoisotopic (exact) mass is 540 g/mol. The summed E-state index contributed by atoms with van der Waals surface area (Å²) in [6.07, 6.45) is 8.57. The third-order valence-electron chi connectivity index (χ3n) is 6.80. The van der Waals surface area contributed by atoms with Crippen molar-refractivity contribution in [3.05, 3.63) is 109 Å². The van der Waals surface area contributed by atoms with E-state index < -0.39 is 5.82 Å². The Kier molecular flexibility index (Phi) is 5.97. The van der Waals surface area contributed by atoms with Gasteiger partial charge in [0.15, 0.2) is 17.3 Å². The molecule has 198 valence electrons. The fourth-order valence-corrected chi connectivity index (χ4v) is 4.88. The van der Waals surface area contributed by atoms with Crippen LogP contribution in [0.1, 0.15) is 5.56 Å². The van der Waals surface area contributed by atoms with E-state index in [-0.39, 0.29) is 17.8 Å². The van der Waals surface area contributed by atoms with Crippen LogP contribution in [0.15, 0.2) is 97.7 Å². The largest absolute Gasteiger partial charge is 0.335 e. The first-order valence-corrected chi connectivity index (χ1v) is 12.8. The van der Waals surface area contributed by atoms with Crippen molar-refractivity contribution < 1.29 is 9.18 Å². The number of pyridine rings is 3. The van der Waals surface area contributed by atoms with E-state index >= 15 is 4.39 Å². The number of aromatic amines is 2. The molecule has 0 spiro atoms. The Morgan fingerprint density at radius 3 is 2.59 bits per heavy atom. The number of H-pyrrole nitrogens is 2. The number of hydrogen-bond acceptors (Lipinski definition) is 6. The van der Waals surface area contributed by atoms with E-state index in [1.54, 1.807) is 37.1 Å². The van der Waals surface area contributed by atoms with Gasteiger partial charge in [0.25, 0.3) is 0 Å². The smallest absolute Gasteiger partial charge is 0.228 e. The second-order valence-electron chi connectivity index (χ2n) is 9.50. The third kappa shape index (κ3) is 4.67. The molecule has 10 heteroatoms. The van der Waals surface area contributed by atoms with Crippen LogP contribution in [0.5, 0.6) is 0 Å². The molecule has 2 aromatic carbocycles. The standard InChI is InChI=1S/C31H21FN8O/c32-25-15-20(21-13-22(17-34-16-21)36-26(41)12-18-4-2-1-3-5-18)14-24-27(25)39-40-29(24)31-37-28-23(8-11-35-30(28)38-31)19-6-9-33-10-7-19/h1-11,13-17H,12H2,(H,36,41)(H,39,40)(H,35,37,38). The van der Waals surface area contributed by atoms with Crippen molar-refractivity contribution in [1.29, 1.82) is 0 Å². The molecular weight excluding hydrogens is 519 g/mol. The molecule has 0 aliphatic carbocycles. The number of benzene rings is 2. The van der Waals surface area contributed by atoms with Gasteiger partial charge in [-0.15, -0.1) is 0 Å². The van der Waals surface area contributed by atoms with Gasteiger partial charge in [0.2, 0.25) is 5.91 Å². The Hall–Kier alpha value is -5.77. The Balaban J connectivity index is 1.24. The molecule has 5 aromatic heterocycles. The molecule has 0 bridgehead atoms. The van der Waals surface area contributed by atoms with Gasteiger partial charge in [0.05, 0.1) is 23.8 Å². The van der Waals surface area contributed by atoms with Crippen molar-refractivity contribution in [1.82, 2.24) is 35.1 Å². The average Bonchev–Trinajstić information content (AvgIpc) is 3.63. The molecule has 0 atom stereocenters. The highest BCUT2D eigenvalue weighted by atomic mass is 19.1. The number of amides is 1. The van der Waals surface area contributed by atoms with Gasteiger partial charge < -0.3 is 10.3 Å². The number of nitrogens with one attached hydrogen (secondary N) is 3. The van der Waals surface area contributed by atoms with Gasteiger partial charge in [-0.25, -0.2) is 14.4 Å². The van der Waals surface area contributed by atoms with Crippen molar-refractivity contribution in [2.24, 2.45) is 0 Å². The summed E-state index contributed by atoms with van der Waals surface area (Å²) < 4.78 is 15.3. The predicted octanol–water partition coefficient (Wildman–Crippen LogP) is 5.95. The van der Waals surface area contributed by atoms with E-state index in [0.29, 0.717) is 39.4 Å². The summed E-state index contributed by atoms with van der Waals surface area (Å²) in [5.74, 6) is -0.183. The maximum absolute atomic E-state index is 15.3. The lowest BCUT2D eigenvalue weighted by Gasteiger charge is -2.08. The molecule has 0 aliphatic rings. The predicted molar refractivity (Wildman–Crippen MR) is 154 cm³/mol. The molecule has 1 amide bonds. The van der Waals surface area contributed by atoms with Crippen molar-refractivity contribution in [2.45, 2.75) is 6.42 Å². The Bertz CT molecular complexity index is 2040. The zero-order valence-electron chi connectivity index (χ0n) is 21.5. The Labute approximate surface area is 232 Å². The molecule has 9 nitrogen and oxygen atoms in total. The lowest BCUT2D eigenvalue weighted by atomic mass is 10.0. The molecule has 0 aliphatic heterocycles. The van der Waals surface area contributed by atoms with Crippen LogP contribution in [-0.4, -0.2) is 41.0 Å². The number of aromatic nitrogens is 7. The van der Waals surface area contributed by atoms with Crippen molar-refractivity contribution in [3.63, 3.8) is 0 Å². The molecule has 3 N–H and O–H groups in total. The van der Waals surface area contributed by atoms with Gasteiger partial charge in [-0.3, -0.25) is 19.9 Å². The highest BCUT2D eigenvalue weighted by Gasteiger charge is 2.18. The SMILES string of the molecule is O=C(Cc1ccccc1)Nc1cncc(-c2cc(F)c3n[nH]c(-c4nc5nccc(-c6ccncc6)c5[nH]4)c3c2)c1. The third-order valence-corrected chi connectivity index (χ3v) is 6.80. The molecular formula is C31H21FN8O. The van der Waals surface area contributed by atoms with Crippen LogP contribution in [0.3, 0.4) is 0 Å². The molecule has 0 fully saturated rings. The zero-order valence-corrected chi connectivity index (χ0v) is 21.5. The van der Waals surface area contributed by atoms with E-state index in [1.807, 2.05) is 54.6 Å². The van der Waals surface area contributed by atoms with Crippen LogP contribution in [0.4, 0.5) is 10.1 Å². The maximum Gasteiger partial charge on any atom is 0.228 e. The van der Waals surface area contributed by atoms with Crippen LogP contribution in [0.25, 0.3) is 55.8 Å². The lowest BCUT2D eigenvalue weighted by molar-refractivity contribution is -0.115. The van der Waals surface area contributed by atoms with Crippen molar-refractivity contribution >= 4 is 33.7 Å². The minimum absolute atomic E-state index is 0.168. The first kappa shape index (κ1) is 24.3. The average molecular weight is 541 g/mol. The number of carbonyl (C=O) groups excluding carboxylic acids is 1. The van der Waals surface area contributed by atoms with Crippen LogP contribution >= 0.6 is 0 Å². The van der Waals surface area contributed by atoms with Gasteiger partial charge in [0, 0.05) is 41.3 Å². The van der Waals surface area contributed by atoms with Crippen molar-refractivity contribution in [2.75, 3.05) is 5.32 Å². The molecule has 0 saturated carbocycles. The number of anilines is 1. The zero-order chi connectivity index (χ0) is 27.8. The van der Waals surface area contributed by atoms with Gasteiger partial charge in [0.1, 0.15) is 11.2 Å². The fourth-order valence-electron chi connectivity index (χ4n) is 4.88. The quantitative estimate of drug-likeness (QED) is 0.240. The fraction of sp³-hybridized carbons (Fsp3) is 0.0323. The molecule has 0 unspecified atom stereocenters. The molecule has 0 radical (unpaired) electrons. The summed E-state index contributed by atoms with van der Waals surface area (Å²) >= 11 is 0. The van der Waals surface area contributed by atoms with Crippen molar-refractivity contribution in [3.8, 4) is 33.8 Å². The van der Waals surface area contributed by atoms with Gasteiger partial charge in [-0.2, -0.15) is 5.10 Å². The van der Waals surface area contributed by atoms with Gasteiger partial charge >= 0.3 is 0 Å². The summed E-state index contributed by atoms with van der Waals surface area (Å²) in [5.41, 5.74) is 6.51. The summed E-state index contributed by atoms with van der Waals surface area (Å²) in [4.78, 5) is 33.4. The van der Waals surface area contributed by atoms with E-state index in [4.69, 9.17) is 0 Å². The molecule has 7 aromatic rings. The molecule has 41 heavy (non-hydrogen) atoms. The summed E-state index contributed by atoms with van der Waals surface area (Å²) in [6, 6.07) is 20.2. The summed E-state index contributed by atoms with van der Waals surface area (Å²) in [6.45, 7) is 0. The second kappa shape index (κ2) is 10.1. The van der Waals surface area contributed by atoms with E-state index in [2.05, 4.69) is 40.4 Å². The number of carbonyl (C=O) groups is 1. The number of hydrogen-bond donors (Lipinski definition) is 3. The second-order valence-corrected chi connectivity index (χ2v) is 9.50. The highest BCUT2D eigenvalue weighted by Crippen LogP contribution is 2.34. The Morgan fingerprint density at radius 1 is 0.878 bits per heavy atom. The highest BCUT2D eigenvalue weighted by molar-refractivity contribution is 5.98.